The average Bonchev–Trinajstić information content (AvgIpc) is 3.43. The maximum atomic E-state index is 11.8. The molecule has 0 fully saturated rings. The Morgan fingerprint density at radius 2 is 0.487 bits per heavy atom. The smallest absolute Gasteiger partial charge is 0.303 e. The summed E-state index contributed by atoms with van der Waals surface area (Å²) in [6, 6.07) is 0. The normalized spacial score (nSPS) is 12.9. The largest absolute Gasteiger partial charge is 0.481 e. The van der Waals surface area contributed by atoms with Gasteiger partial charge in [0, 0.05) is 20.0 Å². The van der Waals surface area contributed by atoms with E-state index in [1.165, 1.54) is 0 Å². The Bertz CT molecular complexity index is 1180. The minimum atomic E-state index is -0.965. The molecule has 0 amide bonds. The van der Waals surface area contributed by atoms with Gasteiger partial charge in [-0.1, -0.05) is 6.92 Å². The van der Waals surface area contributed by atoms with Crippen molar-refractivity contribution in [1.29, 1.82) is 0 Å². The van der Waals surface area contributed by atoms with Crippen molar-refractivity contribution in [3.05, 3.63) is 0 Å². The topological polar surface area (TPSA) is 257 Å². The van der Waals surface area contributed by atoms with Crippen LogP contribution >= 0.6 is 0 Å². The van der Waals surface area contributed by atoms with Crippen molar-refractivity contribution < 1.29 is 119 Å². The van der Waals surface area contributed by atoms with E-state index in [9.17, 15) is 9.59 Å². The molecule has 0 aromatic heterocycles. The first-order valence-corrected chi connectivity index (χ1v) is 27.8. The summed E-state index contributed by atoms with van der Waals surface area (Å²) in [6.07, 6.45) is -0.0327. The van der Waals surface area contributed by atoms with Gasteiger partial charge in [-0.15, -0.1) is 0 Å². The molecule has 25 heteroatoms. The fraction of sp³-hybridized carbons (Fsp3) is 0.962. The molecular formula is C53H104O25. The van der Waals surface area contributed by atoms with Crippen LogP contribution in [0.15, 0.2) is 0 Å². The summed E-state index contributed by atoms with van der Waals surface area (Å²) in [5, 5.41) is 8.70. The van der Waals surface area contributed by atoms with Crippen molar-refractivity contribution in [1.82, 2.24) is 0 Å². The Kier molecular flexibility index (Phi) is 64.6. The summed E-state index contributed by atoms with van der Waals surface area (Å²) in [5.41, 5.74) is 0. The number of methoxy groups -OCH3 is 1. The van der Waals surface area contributed by atoms with E-state index >= 15 is 0 Å². The molecule has 0 radical (unpaired) electrons. The lowest BCUT2D eigenvalue weighted by Gasteiger charge is -2.19. The molecule has 0 heterocycles. The van der Waals surface area contributed by atoms with Gasteiger partial charge in [0.25, 0.3) is 0 Å². The highest BCUT2D eigenvalue weighted by Gasteiger charge is 2.14. The maximum absolute atomic E-state index is 11.8. The SMILES string of the molecule is COCCOCCOCCOCCOCCOCCOCCOCCOCCOCCOCCOCCOCCOCCOCCOCCOCCOCCOCCOCC(C)OCC(C)OCC(C)CC(=O)CCC(=O)O. The number of Topliss-reactive ketones (excluding diaryl/α,β-unsaturated/α-hetero) is 1. The van der Waals surface area contributed by atoms with Crippen LogP contribution in [-0.2, 0) is 114 Å². The minimum absolute atomic E-state index is 0.0125. The van der Waals surface area contributed by atoms with Crippen LogP contribution < -0.4 is 0 Å². The molecule has 0 aromatic carbocycles. The number of carbonyl (C=O) groups is 2. The second-order valence-electron chi connectivity index (χ2n) is 17.1. The number of ketones is 1. The predicted molar refractivity (Wildman–Crippen MR) is 284 cm³/mol. The Morgan fingerprint density at radius 3 is 0.718 bits per heavy atom. The third-order valence-electron chi connectivity index (χ3n) is 9.96. The fourth-order valence-electron chi connectivity index (χ4n) is 5.87. The summed E-state index contributed by atoms with van der Waals surface area (Å²) in [4.78, 5) is 22.4. The summed E-state index contributed by atoms with van der Waals surface area (Å²) in [5.74, 6) is -1.02. The number of rotatable bonds is 70. The molecule has 0 saturated heterocycles. The molecule has 0 rings (SSSR count). The van der Waals surface area contributed by atoms with Gasteiger partial charge in [0.15, 0.2) is 0 Å². The van der Waals surface area contributed by atoms with Gasteiger partial charge in [-0.2, -0.15) is 0 Å². The van der Waals surface area contributed by atoms with E-state index in [2.05, 4.69) is 0 Å². The maximum Gasteiger partial charge on any atom is 0.303 e. The van der Waals surface area contributed by atoms with Gasteiger partial charge >= 0.3 is 5.97 Å². The molecule has 0 saturated carbocycles. The van der Waals surface area contributed by atoms with Gasteiger partial charge in [-0.3, -0.25) is 9.59 Å². The number of ether oxygens (including phenoxy) is 22. The van der Waals surface area contributed by atoms with Crippen molar-refractivity contribution in [3.8, 4) is 0 Å². The number of aliphatic carboxylic acids is 1. The standard InChI is InChI=1S/C53H104O25/c1-49(45-52(54)5-6-53(55)56)46-77-51(3)48-78-50(2)47-76-44-43-75-42-41-74-40-39-73-38-37-72-36-35-71-34-33-70-32-31-69-30-29-68-28-27-67-26-25-66-24-23-65-22-21-64-20-19-63-18-17-62-16-15-61-14-13-60-12-11-59-10-9-58-8-7-57-4/h49-51H,5-48H2,1-4H3,(H,55,56). The summed E-state index contributed by atoms with van der Waals surface area (Å²) in [6.45, 7) is 25.6. The lowest BCUT2D eigenvalue weighted by atomic mass is 10.0. The Hall–Kier alpha value is -1.74. The van der Waals surface area contributed by atoms with Crippen molar-refractivity contribution in [2.24, 2.45) is 5.92 Å². The molecule has 25 nitrogen and oxygen atoms in total. The molecule has 466 valence electrons. The number of carboxylic acids is 1. The molecule has 78 heavy (non-hydrogen) atoms. The first-order chi connectivity index (χ1) is 38.3. The highest BCUT2D eigenvalue weighted by molar-refractivity contribution is 5.82. The van der Waals surface area contributed by atoms with Crippen LogP contribution in [-0.4, -0.2) is 307 Å². The van der Waals surface area contributed by atoms with E-state index in [0.29, 0.717) is 277 Å². The molecule has 0 aliphatic heterocycles. The van der Waals surface area contributed by atoms with E-state index < -0.39 is 5.97 Å². The fourth-order valence-corrected chi connectivity index (χ4v) is 5.87. The first-order valence-electron chi connectivity index (χ1n) is 27.8. The first kappa shape index (κ1) is 76.3. The lowest BCUT2D eigenvalue weighted by Crippen LogP contribution is -2.25. The second-order valence-corrected chi connectivity index (χ2v) is 17.1. The quantitative estimate of drug-likeness (QED) is 0.0857. The Balaban J connectivity index is 3.18. The molecular weight excluding hydrogens is 1040 g/mol. The number of hydrogen-bond donors (Lipinski definition) is 1. The van der Waals surface area contributed by atoms with E-state index in [0.717, 1.165) is 0 Å². The molecule has 0 aromatic rings. The van der Waals surface area contributed by atoms with Crippen LogP contribution in [0.5, 0.6) is 0 Å². The van der Waals surface area contributed by atoms with Crippen molar-refractivity contribution in [2.45, 2.75) is 52.2 Å². The van der Waals surface area contributed by atoms with Gasteiger partial charge in [-0.05, 0) is 19.8 Å². The van der Waals surface area contributed by atoms with Crippen molar-refractivity contribution in [3.63, 3.8) is 0 Å². The summed E-state index contributed by atoms with van der Waals surface area (Å²) < 4.78 is 121. The van der Waals surface area contributed by atoms with E-state index in [1.54, 1.807) is 7.11 Å². The summed E-state index contributed by atoms with van der Waals surface area (Å²) >= 11 is 0. The zero-order valence-corrected chi connectivity index (χ0v) is 48.1. The minimum Gasteiger partial charge on any atom is -0.481 e. The van der Waals surface area contributed by atoms with E-state index in [4.69, 9.17) is 109 Å². The van der Waals surface area contributed by atoms with Gasteiger partial charge in [-0.25, -0.2) is 0 Å². The van der Waals surface area contributed by atoms with Crippen LogP contribution in [0.3, 0.4) is 0 Å². The highest BCUT2D eigenvalue weighted by atomic mass is 16.6. The monoisotopic (exact) mass is 1140 g/mol. The second kappa shape index (κ2) is 66.1. The number of hydrogen-bond acceptors (Lipinski definition) is 24. The number of carbonyl (C=O) groups excluding carboxylic acids is 1. The molecule has 3 atom stereocenters. The van der Waals surface area contributed by atoms with Gasteiger partial charge in [0.1, 0.15) is 5.78 Å². The van der Waals surface area contributed by atoms with Crippen LogP contribution in [0.25, 0.3) is 0 Å². The van der Waals surface area contributed by atoms with Crippen LogP contribution in [0.4, 0.5) is 0 Å². The molecule has 3 unspecified atom stereocenters. The predicted octanol–water partition coefficient (Wildman–Crippen LogP) is 2.22. The van der Waals surface area contributed by atoms with Gasteiger partial charge in [0.05, 0.1) is 290 Å². The van der Waals surface area contributed by atoms with Gasteiger partial charge in [0.2, 0.25) is 0 Å². The van der Waals surface area contributed by atoms with Gasteiger partial charge < -0.3 is 109 Å². The average molecular weight is 1140 g/mol. The lowest BCUT2D eigenvalue weighted by molar-refractivity contribution is -0.138. The third kappa shape index (κ3) is 66.8. The third-order valence-corrected chi connectivity index (χ3v) is 9.96. The zero-order valence-electron chi connectivity index (χ0n) is 48.1. The van der Waals surface area contributed by atoms with Crippen LogP contribution in [0.2, 0.25) is 0 Å². The molecule has 1 N–H and O–H groups in total. The van der Waals surface area contributed by atoms with Crippen LogP contribution in [0.1, 0.15) is 40.0 Å². The molecule has 0 aliphatic rings. The Labute approximate surface area is 465 Å². The molecule has 0 spiro atoms. The molecule has 0 bridgehead atoms. The van der Waals surface area contributed by atoms with Crippen molar-refractivity contribution in [2.75, 3.05) is 278 Å². The van der Waals surface area contributed by atoms with E-state index in [1.807, 2.05) is 20.8 Å². The van der Waals surface area contributed by atoms with Crippen LogP contribution in [0, 0.1) is 5.92 Å². The zero-order chi connectivity index (χ0) is 56.6. The summed E-state index contributed by atoms with van der Waals surface area (Å²) in [7, 11) is 1.64. The van der Waals surface area contributed by atoms with Crippen molar-refractivity contribution >= 4 is 11.8 Å². The number of carboxylic acid groups (broad SMARTS) is 1. The highest BCUT2D eigenvalue weighted by Crippen LogP contribution is 2.09. The Morgan fingerprint density at radius 1 is 0.282 bits per heavy atom. The van der Waals surface area contributed by atoms with E-state index in [-0.39, 0.29) is 36.8 Å². The molecule has 0 aliphatic carbocycles.